The van der Waals surface area contributed by atoms with Gasteiger partial charge in [0.2, 0.25) is 11.7 Å². The Balaban J connectivity index is 1.99. The van der Waals surface area contributed by atoms with Crippen LogP contribution in [-0.2, 0) is 18.0 Å². The monoisotopic (exact) mass is 438 g/mol. The number of aryl methyl sites for hydroxylation is 2. The minimum Gasteiger partial charge on any atom is -0.404 e. The zero-order valence-electron chi connectivity index (χ0n) is 16.8. The summed E-state index contributed by atoms with van der Waals surface area (Å²) in [6.45, 7) is 1.59. The topological polar surface area (TPSA) is 61.2 Å². The standard InChI is InChI=1S/C21H21F3N2O3S/c1-12-17(18(27)15-10-9-14(21(22,23)24)11-16(15)30-3)19(26(2)25-12)29-20(28)13-7-5-4-6-8-13/h7,9-11H,4-6,8H2,1-3H3. The number of rotatable bonds is 5. The molecule has 0 amide bonds. The molecule has 0 atom stereocenters. The fourth-order valence-electron chi connectivity index (χ4n) is 3.38. The maximum atomic E-state index is 13.2. The van der Waals surface area contributed by atoms with Crippen LogP contribution in [0.3, 0.4) is 0 Å². The molecular weight excluding hydrogens is 417 g/mol. The second kappa shape index (κ2) is 8.67. The number of hydrogen-bond acceptors (Lipinski definition) is 5. The molecular formula is C21H21F3N2O3S. The largest absolute Gasteiger partial charge is 0.416 e. The van der Waals surface area contributed by atoms with Crippen LogP contribution in [0.4, 0.5) is 13.2 Å². The van der Waals surface area contributed by atoms with Crippen molar-refractivity contribution in [3.8, 4) is 5.88 Å². The van der Waals surface area contributed by atoms with Crippen molar-refractivity contribution in [3.05, 3.63) is 52.2 Å². The molecule has 0 saturated carbocycles. The van der Waals surface area contributed by atoms with Gasteiger partial charge in [0.05, 0.1) is 11.3 Å². The van der Waals surface area contributed by atoms with Crippen molar-refractivity contribution in [3.63, 3.8) is 0 Å². The Hall–Kier alpha value is -2.55. The number of nitrogens with zero attached hydrogens (tertiary/aromatic N) is 2. The first-order valence-corrected chi connectivity index (χ1v) is 10.6. The number of carbonyl (C=O) groups excluding carboxylic acids is 2. The number of thioether (sulfide) groups is 1. The third-order valence-electron chi connectivity index (χ3n) is 4.91. The van der Waals surface area contributed by atoms with Crippen LogP contribution >= 0.6 is 11.8 Å². The van der Waals surface area contributed by atoms with Crippen LogP contribution in [0.15, 0.2) is 34.7 Å². The van der Waals surface area contributed by atoms with Gasteiger partial charge in [-0.2, -0.15) is 18.3 Å². The van der Waals surface area contributed by atoms with Crippen molar-refractivity contribution in [2.75, 3.05) is 6.26 Å². The van der Waals surface area contributed by atoms with Gasteiger partial charge in [0.15, 0.2) is 0 Å². The van der Waals surface area contributed by atoms with E-state index >= 15 is 0 Å². The molecule has 5 nitrogen and oxygen atoms in total. The van der Waals surface area contributed by atoms with Crippen molar-refractivity contribution < 1.29 is 27.5 Å². The summed E-state index contributed by atoms with van der Waals surface area (Å²) < 4.78 is 45.9. The van der Waals surface area contributed by atoms with Gasteiger partial charge in [-0.15, -0.1) is 11.8 Å². The number of ketones is 1. The second-order valence-electron chi connectivity index (χ2n) is 7.00. The van der Waals surface area contributed by atoms with Gasteiger partial charge in [0, 0.05) is 23.1 Å². The summed E-state index contributed by atoms with van der Waals surface area (Å²) in [5.41, 5.74) is 0.216. The predicted molar refractivity (Wildman–Crippen MR) is 107 cm³/mol. The summed E-state index contributed by atoms with van der Waals surface area (Å²) in [5, 5.41) is 4.18. The van der Waals surface area contributed by atoms with Crippen molar-refractivity contribution >= 4 is 23.5 Å². The average Bonchev–Trinajstić information content (AvgIpc) is 2.99. The summed E-state index contributed by atoms with van der Waals surface area (Å²) in [6.07, 6.45) is 2.22. The molecule has 0 unspecified atom stereocenters. The highest BCUT2D eigenvalue weighted by Gasteiger charge is 2.33. The summed E-state index contributed by atoms with van der Waals surface area (Å²) >= 11 is 1.04. The van der Waals surface area contributed by atoms with Crippen molar-refractivity contribution in [2.24, 2.45) is 7.05 Å². The van der Waals surface area contributed by atoms with E-state index in [2.05, 4.69) is 5.10 Å². The van der Waals surface area contributed by atoms with Crippen LogP contribution in [0, 0.1) is 6.92 Å². The lowest BCUT2D eigenvalue weighted by Crippen LogP contribution is -2.17. The molecule has 0 N–H and O–H groups in total. The van der Waals surface area contributed by atoms with Gasteiger partial charge in [0.25, 0.3) is 0 Å². The molecule has 3 rings (SSSR count). The number of alkyl halides is 3. The molecule has 1 aliphatic carbocycles. The SMILES string of the molecule is CSc1cc(C(F)(F)F)ccc1C(=O)c1c(C)nn(C)c1OC(=O)C1=CCCCC1. The van der Waals surface area contributed by atoms with E-state index in [4.69, 9.17) is 4.74 Å². The maximum absolute atomic E-state index is 13.2. The average molecular weight is 438 g/mol. The Morgan fingerprint density at radius 3 is 2.57 bits per heavy atom. The predicted octanol–water partition coefficient (Wildman–Crippen LogP) is 5.11. The van der Waals surface area contributed by atoms with E-state index in [1.165, 1.54) is 4.68 Å². The number of halogens is 3. The molecule has 30 heavy (non-hydrogen) atoms. The van der Waals surface area contributed by atoms with E-state index in [1.54, 1.807) is 20.2 Å². The molecule has 0 saturated heterocycles. The lowest BCUT2D eigenvalue weighted by atomic mass is 10.00. The first-order chi connectivity index (χ1) is 14.1. The summed E-state index contributed by atoms with van der Waals surface area (Å²) in [5.74, 6) is -1.09. The number of esters is 1. The number of hydrogen-bond donors (Lipinski definition) is 0. The number of aromatic nitrogens is 2. The lowest BCUT2D eigenvalue weighted by molar-refractivity contribution is -0.137. The zero-order chi connectivity index (χ0) is 22.1. The third kappa shape index (κ3) is 4.45. The van der Waals surface area contributed by atoms with E-state index in [1.807, 2.05) is 6.08 Å². The van der Waals surface area contributed by atoms with Gasteiger partial charge >= 0.3 is 12.1 Å². The molecule has 0 radical (unpaired) electrons. The second-order valence-corrected chi connectivity index (χ2v) is 7.84. The highest BCUT2D eigenvalue weighted by Crippen LogP contribution is 2.35. The molecule has 2 aromatic rings. The first kappa shape index (κ1) is 22.1. The summed E-state index contributed by atoms with van der Waals surface area (Å²) in [7, 11) is 1.55. The normalized spacial score (nSPS) is 14.4. The van der Waals surface area contributed by atoms with Crippen LogP contribution in [0.5, 0.6) is 5.88 Å². The molecule has 1 heterocycles. The Bertz CT molecular complexity index is 1030. The highest BCUT2D eigenvalue weighted by molar-refractivity contribution is 7.98. The summed E-state index contributed by atoms with van der Waals surface area (Å²) in [4.78, 5) is 26.0. The van der Waals surface area contributed by atoms with Gasteiger partial charge in [-0.05, 0) is 57.1 Å². The Labute approximate surface area is 176 Å². The van der Waals surface area contributed by atoms with Gasteiger partial charge in [0.1, 0.15) is 5.56 Å². The lowest BCUT2D eigenvalue weighted by Gasteiger charge is -2.14. The molecule has 0 fully saturated rings. The van der Waals surface area contributed by atoms with E-state index in [0.717, 1.165) is 49.2 Å². The number of carbonyl (C=O) groups is 2. The Morgan fingerprint density at radius 2 is 1.97 bits per heavy atom. The van der Waals surface area contributed by atoms with Crippen LogP contribution in [0.25, 0.3) is 0 Å². The molecule has 0 spiro atoms. The Morgan fingerprint density at radius 1 is 1.23 bits per heavy atom. The van der Waals surface area contributed by atoms with Crippen molar-refractivity contribution in [2.45, 2.75) is 43.7 Å². The van der Waals surface area contributed by atoms with E-state index in [-0.39, 0.29) is 21.9 Å². The molecule has 9 heteroatoms. The van der Waals surface area contributed by atoms with E-state index in [0.29, 0.717) is 17.7 Å². The molecule has 1 aliphatic rings. The third-order valence-corrected chi connectivity index (χ3v) is 5.69. The van der Waals surface area contributed by atoms with Crippen LogP contribution < -0.4 is 4.74 Å². The fraction of sp³-hybridized carbons (Fsp3) is 0.381. The highest BCUT2D eigenvalue weighted by atomic mass is 32.2. The number of benzene rings is 1. The van der Waals surface area contributed by atoms with Gasteiger partial charge in [-0.3, -0.25) is 4.79 Å². The van der Waals surface area contributed by atoms with Gasteiger partial charge < -0.3 is 4.74 Å². The van der Waals surface area contributed by atoms with Gasteiger partial charge in [-0.1, -0.05) is 6.08 Å². The molecule has 0 aliphatic heterocycles. The van der Waals surface area contributed by atoms with E-state index in [9.17, 15) is 22.8 Å². The van der Waals surface area contributed by atoms with Crippen LogP contribution in [0.1, 0.15) is 52.9 Å². The number of allylic oxidation sites excluding steroid dienone is 1. The van der Waals surface area contributed by atoms with Crippen molar-refractivity contribution in [1.29, 1.82) is 0 Å². The Kier molecular flexibility index (Phi) is 6.40. The molecule has 1 aromatic heterocycles. The molecule has 1 aromatic carbocycles. The minimum absolute atomic E-state index is 0.0130. The van der Waals surface area contributed by atoms with E-state index < -0.39 is 23.5 Å². The molecule has 160 valence electrons. The van der Waals surface area contributed by atoms with Gasteiger partial charge in [-0.25, -0.2) is 9.48 Å². The first-order valence-electron chi connectivity index (χ1n) is 9.38. The zero-order valence-corrected chi connectivity index (χ0v) is 17.6. The maximum Gasteiger partial charge on any atom is 0.416 e. The number of ether oxygens (including phenoxy) is 1. The minimum atomic E-state index is -4.51. The molecule has 0 bridgehead atoms. The smallest absolute Gasteiger partial charge is 0.404 e. The van der Waals surface area contributed by atoms with Crippen molar-refractivity contribution in [1.82, 2.24) is 9.78 Å². The van der Waals surface area contributed by atoms with Crippen LogP contribution in [-0.4, -0.2) is 27.8 Å². The summed E-state index contributed by atoms with van der Waals surface area (Å²) in [6, 6.07) is 2.97. The quantitative estimate of drug-likeness (QED) is 0.369. The van der Waals surface area contributed by atoms with Crippen LogP contribution in [0.2, 0.25) is 0 Å². The fourth-order valence-corrected chi connectivity index (χ4v) is 4.01.